The predicted molar refractivity (Wildman–Crippen MR) is 57.7 cm³/mol. The summed E-state index contributed by atoms with van der Waals surface area (Å²) in [6.07, 6.45) is 0.282. The number of halogens is 2. The topological polar surface area (TPSA) is 12.0 Å². The van der Waals surface area contributed by atoms with Gasteiger partial charge in [0.05, 0.1) is 0 Å². The van der Waals surface area contributed by atoms with Gasteiger partial charge in [-0.3, -0.25) is 0 Å². The van der Waals surface area contributed by atoms with Crippen molar-refractivity contribution in [2.45, 2.75) is 19.4 Å². The van der Waals surface area contributed by atoms with Crippen molar-refractivity contribution in [1.82, 2.24) is 5.32 Å². The van der Waals surface area contributed by atoms with Gasteiger partial charge in [-0.1, -0.05) is 18.2 Å². The summed E-state index contributed by atoms with van der Waals surface area (Å²) >= 11 is 0. The zero-order chi connectivity index (χ0) is 11.4. The van der Waals surface area contributed by atoms with Crippen LogP contribution in [-0.4, -0.2) is 13.1 Å². The van der Waals surface area contributed by atoms with E-state index in [2.05, 4.69) is 11.9 Å². The van der Waals surface area contributed by atoms with Crippen LogP contribution in [-0.2, 0) is 6.42 Å². The fraction of sp³-hybridized carbons (Fsp3) is 0.333. The predicted octanol–water partition coefficient (Wildman–Crippen LogP) is 2.67. The molecule has 1 nitrogen and oxygen atoms in total. The molecule has 0 aliphatic carbocycles. The number of benzene rings is 1. The summed E-state index contributed by atoms with van der Waals surface area (Å²) < 4.78 is 26.6. The van der Waals surface area contributed by atoms with Crippen LogP contribution >= 0.6 is 0 Å². The minimum atomic E-state index is -0.503. The third-order valence-corrected chi connectivity index (χ3v) is 2.41. The van der Waals surface area contributed by atoms with E-state index >= 15 is 0 Å². The molecular formula is C12H15F2N. The molecule has 1 unspecified atom stereocenters. The lowest BCUT2D eigenvalue weighted by Crippen LogP contribution is -2.29. The fourth-order valence-electron chi connectivity index (χ4n) is 1.45. The van der Waals surface area contributed by atoms with Gasteiger partial charge >= 0.3 is 0 Å². The SMILES string of the molecule is C=C(C)C(Cc1c(F)cccc1F)NC. The molecule has 0 bridgehead atoms. The Hall–Kier alpha value is -1.22. The number of rotatable bonds is 4. The van der Waals surface area contributed by atoms with Gasteiger partial charge < -0.3 is 5.32 Å². The van der Waals surface area contributed by atoms with Gasteiger partial charge in [-0.2, -0.15) is 0 Å². The van der Waals surface area contributed by atoms with Crippen LogP contribution in [0.3, 0.4) is 0 Å². The molecule has 15 heavy (non-hydrogen) atoms. The largest absolute Gasteiger partial charge is 0.313 e. The van der Waals surface area contributed by atoms with Crippen molar-refractivity contribution in [3.05, 3.63) is 47.5 Å². The molecule has 0 saturated carbocycles. The Morgan fingerprint density at radius 2 is 1.93 bits per heavy atom. The average molecular weight is 211 g/mol. The van der Waals surface area contributed by atoms with Crippen LogP contribution in [0.5, 0.6) is 0 Å². The van der Waals surface area contributed by atoms with E-state index in [-0.39, 0.29) is 18.0 Å². The molecule has 0 heterocycles. The van der Waals surface area contributed by atoms with Crippen LogP contribution in [0.15, 0.2) is 30.4 Å². The Morgan fingerprint density at radius 3 is 2.33 bits per heavy atom. The molecule has 1 aromatic carbocycles. The van der Waals surface area contributed by atoms with Crippen molar-refractivity contribution < 1.29 is 8.78 Å². The monoisotopic (exact) mass is 211 g/mol. The molecule has 0 amide bonds. The van der Waals surface area contributed by atoms with E-state index in [9.17, 15) is 8.78 Å². The number of nitrogens with one attached hydrogen (secondary N) is 1. The second kappa shape index (κ2) is 5.03. The van der Waals surface area contributed by atoms with Crippen LogP contribution < -0.4 is 5.32 Å². The maximum absolute atomic E-state index is 13.3. The highest BCUT2D eigenvalue weighted by Crippen LogP contribution is 2.16. The third kappa shape index (κ3) is 2.86. The van der Waals surface area contributed by atoms with Gasteiger partial charge in [0.25, 0.3) is 0 Å². The summed E-state index contributed by atoms with van der Waals surface area (Å²) in [7, 11) is 1.75. The first-order chi connectivity index (χ1) is 7.06. The van der Waals surface area contributed by atoms with Gasteiger partial charge in [0, 0.05) is 11.6 Å². The Morgan fingerprint density at radius 1 is 1.40 bits per heavy atom. The van der Waals surface area contributed by atoms with E-state index in [1.807, 2.05) is 6.92 Å². The highest BCUT2D eigenvalue weighted by molar-refractivity contribution is 5.23. The summed E-state index contributed by atoms with van der Waals surface area (Å²) in [4.78, 5) is 0. The molecule has 0 spiro atoms. The Kier molecular flexibility index (Phi) is 3.97. The highest BCUT2D eigenvalue weighted by Gasteiger charge is 2.14. The average Bonchev–Trinajstić information content (AvgIpc) is 2.17. The first kappa shape index (κ1) is 11.9. The molecular weight excluding hydrogens is 196 g/mol. The van der Waals surface area contributed by atoms with E-state index in [0.717, 1.165) is 5.57 Å². The zero-order valence-electron chi connectivity index (χ0n) is 8.98. The van der Waals surface area contributed by atoms with Crippen molar-refractivity contribution in [3.8, 4) is 0 Å². The lowest BCUT2D eigenvalue weighted by molar-refractivity contribution is 0.529. The zero-order valence-corrected chi connectivity index (χ0v) is 8.98. The molecule has 1 rings (SSSR count). The van der Waals surface area contributed by atoms with Crippen molar-refractivity contribution in [2.24, 2.45) is 0 Å². The quantitative estimate of drug-likeness (QED) is 0.755. The first-order valence-corrected chi connectivity index (χ1v) is 4.81. The molecule has 0 aliphatic heterocycles. The molecule has 3 heteroatoms. The minimum Gasteiger partial charge on any atom is -0.313 e. The van der Waals surface area contributed by atoms with E-state index in [0.29, 0.717) is 0 Å². The van der Waals surface area contributed by atoms with Crippen molar-refractivity contribution in [1.29, 1.82) is 0 Å². The molecule has 0 radical (unpaired) electrons. The third-order valence-electron chi connectivity index (χ3n) is 2.41. The summed E-state index contributed by atoms with van der Waals surface area (Å²) in [6.45, 7) is 5.61. The standard InChI is InChI=1S/C12H15F2N/c1-8(2)12(15-3)7-9-10(13)5-4-6-11(9)14/h4-6,12,15H,1,7H2,2-3H3. The fourth-order valence-corrected chi connectivity index (χ4v) is 1.45. The van der Waals surface area contributed by atoms with Crippen molar-refractivity contribution in [3.63, 3.8) is 0 Å². The molecule has 1 aromatic rings. The normalized spacial score (nSPS) is 12.5. The van der Waals surface area contributed by atoms with Crippen LogP contribution in [0, 0.1) is 11.6 Å². The van der Waals surface area contributed by atoms with Crippen LogP contribution in [0.1, 0.15) is 12.5 Å². The van der Waals surface area contributed by atoms with Crippen molar-refractivity contribution in [2.75, 3.05) is 7.05 Å². The molecule has 0 aliphatic rings. The molecule has 1 N–H and O–H groups in total. The van der Waals surface area contributed by atoms with Gasteiger partial charge in [0.15, 0.2) is 0 Å². The van der Waals surface area contributed by atoms with E-state index < -0.39 is 11.6 Å². The van der Waals surface area contributed by atoms with Crippen LogP contribution in [0.25, 0.3) is 0 Å². The maximum atomic E-state index is 13.3. The molecule has 82 valence electrons. The Bertz CT molecular complexity index is 340. The maximum Gasteiger partial charge on any atom is 0.129 e. The van der Waals surface area contributed by atoms with Crippen LogP contribution in [0.4, 0.5) is 8.78 Å². The summed E-state index contributed by atoms with van der Waals surface area (Å²) in [5.41, 5.74) is 0.972. The number of likely N-dealkylation sites (N-methyl/N-ethyl adjacent to an activating group) is 1. The number of hydrogen-bond acceptors (Lipinski definition) is 1. The van der Waals surface area contributed by atoms with Gasteiger partial charge in [-0.15, -0.1) is 0 Å². The Balaban J connectivity index is 2.92. The molecule has 0 fully saturated rings. The minimum absolute atomic E-state index is 0.101. The van der Waals surface area contributed by atoms with Gasteiger partial charge in [0.1, 0.15) is 11.6 Å². The lowest BCUT2D eigenvalue weighted by atomic mass is 10.0. The Labute approximate surface area is 88.8 Å². The number of hydrogen-bond donors (Lipinski definition) is 1. The molecule has 1 atom stereocenters. The summed E-state index contributed by atoms with van der Waals surface area (Å²) in [6, 6.07) is 3.80. The van der Waals surface area contributed by atoms with E-state index in [4.69, 9.17) is 0 Å². The van der Waals surface area contributed by atoms with E-state index in [1.165, 1.54) is 18.2 Å². The smallest absolute Gasteiger partial charge is 0.129 e. The van der Waals surface area contributed by atoms with Gasteiger partial charge in [-0.05, 0) is 32.5 Å². The second-order valence-electron chi connectivity index (χ2n) is 3.59. The summed E-state index contributed by atoms with van der Waals surface area (Å²) in [5.74, 6) is -1.01. The first-order valence-electron chi connectivity index (χ1n) is 4.81. The van der Waals surface area contributed by atoms with Gasteiger partial charge in [0.2, 0.25) is 0 Å². The molecule has 0 saturated heterocycles. The van der Waals surface area contributed by atoms with E-state index in [1.54, 1.807) is 7.05 Å². The highest BCUT2D eigenvalue weighted by atomic mass is 19.1. The lowest BCUT2D eigenvalue weighted by Gasteiger charge is -2.16. The molecule has 0 aromatic heterocycles. The van der Waals surface area contributed by atoms with Gasteiger partial charge in [-0.25, -0.2) is 8.78 Å². The second-order valence-corrected chi connectivity index (χ2v) is 3.59. The van der Waals surface area contributed by atoms with Crippen molar-refractivity contribution >= 4 is 0 Å². The summed E-state index contributed by atoms with van der Waals surface area (Å²) in [5, 5.41) is 2.97. The van der Waals surface area contributed by atoms with Crippen LogP contribution in [0.2, 0.25) is 0 Å².